The molecule has 0 fully saturated rings. The van der Waals surface area contributed by atoms with Gasteiger partial charge in [0.25, 0.3) is 0 Å². The first-order chi connectivity index (χ1) is 16.8. The Bertz CT molecular complexity index is 415. The second-order valence-corrected chi connectivity index (χ2v) is 10.4. The maximum atomic E-state index is 11.8. The zero-order valence-corrected chi connectivity index (χ0v) is 23.6. The van der Waals surface area contributed by atoms with Crippen LogP contribution in [0.15, 0.2) is 12.2 Å². The van der Waals surface area contributed by atoms with E-state index >= 15 is 0 Å². The summed E-state index contributed by atoms with van der Waals surface area (Å²) < 4.78 is 5.41. The van der Waals surface area contributed by atoms with Crippen molar-refractivity contribution in [2.24, 2.45) is 0 Å². The van der Waals surface area contributed by atoms with E-state index in [4.69, 9.17) is 4.74 Å². The van der Waals surface area contributed by atoms with Crippen molar-refractivity contribution in [2.75, 3.05) is 6.61 Å². The molecule has 0 saturated carbocycles. The fourth-order valence-electron chi connectivity index (χ4n) is 4.54. The Morgan fingerprint density at radius 3 is 1.26 bits per heavy atom. The lowest BCUT2D eigenvalue weighted by molar-refractivity contribution is -0.143. The topological polar surface area (TPSA) is 26.3 Å². The zero-order valence-electron chi connectivity index (χ0n) is 23.6. The van der Waals surface area contributed by atoms with E-state index in [9.17, 15) is 4.79 Å². The Morgan fingerprint density at radius 2 is 0.824 bits per heavy atom. The lowest BCUT2D eigenvalue weighted by atomic mass is 10.1. The molecule has 0 unspecified atom stereocenters. The van der Waals surface area contributed by atoms with Crippen LogP contribution in [0.3, 0.4) is 0 Å². The molecule has 202 valence electrons. The number of ether oxygens (including phenoxy) is 1. The lowest BCUT2D eigenvalue weighted by Crippen LogP contribution is -2.05. The van der Waals surface area contributed by atoms with Crippen molar-refractivity contribution in [2.45, 2.75) is 181 Å². The number of carbonyl (C=O) groups excluding carboxylic acids is 1. The summed E-state index contributed by atoms with van der Waals surface area (Å²) in [6.07, 6.45) is 38.2. The number of hydrogen-bond acceptors (Lipinski definition) is 2. The number of allylic oxidation sites excluding steroid dienone is 2. The fourth-order valence-corrected chi connectivity index (χ4v) is 4.54. The van der Waals surface area contributed by atoms with Crippen LogP contribution in [0.5, 0.6) is 0 Å². The van der Waals surface area contributed by atoms with Crippen molar-refractivity contribution < 1.29 is 9.53 Å². The van der Waals surface area contributed by atoms with E-state index in [0.29, 0.717) is 13.0 Å². The molecule has 0 aromatic rings. The number of unbranched alkanes of at least 4 members (excludes halogenated alkanes) is 22. The molecule has 0 aromatic heterocycles. The molecule has 2 nitrogen and oxygen atoms in total. The third kappa shape index (κ3) is 29.2. The maximum Gasteiger partial charge on any atom is 0.305 e. The molecule has 0 atom stereocenters. The Balaban J connectivity index is 3.19. The quantitative estimate of drug-likeness (QED) is 0.0634. The molecular weight excluding hydrogens is 416 g/mol. The molecule has 0 aliphatic rings. The molecule has 0 bridgehead atoms. The molecule has 0 N–H and O–H groups in total. The minimum absolute atomic E-state index is 0.0166. The van der Waals surface area contributed by atoms with Crippen LogP contribution in [0.4, 0.5) is 0 Å². The average molecular weight is 479 g/mol. The Hall–Kier alpha value is -0.790. The molecule has 0 amide bonds. The van der Waals surface area contributed by atoms with Gasteiger partial charge < -0.3 is 4.74 Å². The van der Waals surface area contributed by atoms with Crippen LogP contribution >= 0.6 is 0 Å². The number of rotatable bonds is 28. The summed E-state index contributed by atoms with van der Waals surface area (Å²) in [5.74, 6) is 0.0166. The summed E-state index contributed by atoms with van der Waals surface area (Å²) in [7, 11) is 0. The molecule has 2 heteroatoms. The minimum Gasteiger partial charge on any atom is -0.466 e. The van der Waals surface area contributed by atoms with E-state index in [1.54, 1.807) is 0 Å². The SMILES string of the molecule is CCCCCCC/C=C/CCCCCCCCC(=O)OCCCCCCCCCCCCCC. The van der Waals surface area contributed by atoms with E-state index < -0.39 is 0 Å². The van der Waals surface area contributed by atoms with Crippen molar-refractivity contribution in [3.8, 4) is 0 Å². The molecule has 0 saturated heterocycles. The summed E-state index contributed by atoms with van der Waals surface area (Å²) in [6, 6.07) is 0. The third-order valence-corrected chi connectivity index (χ3v) is 6.90. The van der Waals surface area contributed by atoms with Gasteiger partial charge in [-0.3, -0.25) is 4.79 Å². The minimum atomic E-state index is 0.0166. The van der Waals surface area contributed by atoms with Crippen LogP contribution < -0.4 is 0 Å². The number of hydrogen-bond donors (Lipinski definition) is 0. The van der Waals surface area contributed by atoms with Crippen LogP contribution in [-0.2, 0) is 9.53 Å². The van der Waals surface area contributed by atoms with Crippen LogP contribution in [-0.4, -0.2) is 12.6 Å². The highest BCUT2D eigenvalue weighted by molar-refractivity contribution is 5.69. The lowest BCUT2D eigenvalue weighted by Gasteiger charge is -2.05. The third-order valence-electron chi connectivity index (χ3n) is 6.90. The van der Waals surface area contributed by atoms with Gasteiger partial charge in [-0.25, -0.2) is 0 Å². The number of esters is 1. The van der Waals surface area contributed by atoms with Gasteiger partial charge in [0.2, 0.25) is 0 Å². The first-order valence-corrected chi connectivity index (χ1v) is 15.6. The summed E-state index contributed by atoms with van der Waals surface area (Å²) in [5.41, 5.74) is 0. The molecular formula is C32H62O2. The zero-order chi connectivity index (χ0) is 24.8. The van der Waals surface area contributed by atoms with Crippen LogP contribution in [0.25, 0.3) is 0 Å². The van der Waals surface area contributed by atoms with Gasteiger partial charge in [-0.15, -0.1) is 0 Å². The molecule has 34 heavy (non-hydrogen) atoms. The molecule has 0 radical (unpaired) electrons. The van der Waals surface area contributed by atoms with Gasteiger partial charge in [-0.05, 0) is 38.5 Å². The molecule has 0 aliphatic carbocycles. The van der Waals surface area contributed by atoms with Crippen molar-refractivity contribution in [1.29, 1.82) is 0 Å². The smallest absolute Gasteiger partial charge is 0.305 e. The van der Waals surface area contributed by atoms with E-state index in [0.717, 1.165) is 12.8 Å². The summed E-state index contributed by atoms with van der Waals surface area (Å²) in [6.45, 7) is 5.18. The fraction of sp³-hybridized carbons (Fsp3) is 0.906. The molecule has 0 aliphatic heterocycles. The first kappa shape index (κ1) is 33.2. The number of carbonyl (C=O) groups is 1. The van der Waals surface area contributed by atoms with Crippen molar-refractivity contribution in [3.63, 3.8) is 0 Å². The Kier molecular flexibility index (Phi) is 29.5. The molecule has 0 spiro atoms. The molecule has 0 aromatic carbocycles. The monoisotopic (exact) mass is 478 g/mol. The summed E-state index contributed by atoms with van der Waals surface area (Å²) in [5, 5.41) is 0. The van der Waals surface area contributed by atoms with Gasteiger partial charge in [0.1, 0.15) is 0 Å². The van der Waals surface area contributed by atoms with E-state index in [-0.39, 0.29) is 5.97 Å². The summed E-state index contributed by atoms with van der Waals surface area (Å²) >= 11 is 0. The highest BCUT2D eigenvalue weighted by Gasteiger charge is 2.02. The van der Waals surface area contributed by atoms with Gasteiger partial charge >= 0.3 is 5.97 Å². The van der Waals surface area contributed by atoms with E-state index in [1.807, 2.05) is 0 Å². The van der Waals surface area contributed by atoms with E-state index in [1.165, 1.54) is 148 Å². The van der Waals surface area contributed by atoms with Crippen LogP contribution in [0, 0.1) is 0 Å². The highest BCUT2D eigenvalue weighted by Crippen LogP contribution is 2.13. The Morgan fingerprint density at radius 1 is 0.471 bits per heavy atom. The van der Waals surface area contributed by atoms with E-state index in [2.05, 4.69) is 26.0 Å². The van der Waals surface area contributed by atoms with Crippen LogP contribution in [0.2, 0.25) is 0 Å². The van der Waals surface area contributed by atoms with Crippen molar-refractivity contribution in [3.05, 3.63) is 12.2 Å². The summed E-state index contributed by atoms with van der Waals surface area (Å²) in [4.78, 5) is 11.8. The van der Waals surface area contributed by atoms with Gasteiger partial charge in [-0.1, -0.05) is 148 Å². The van der Waals surface area contributed by atoms with Gasteiger partial charge in [0, 0.05) is 6.42 Å². The Labute approximate surface area is 215 Å². The largest absolute Gasteiger partial charge is 0.466 e. The molecule has 0 rings (SSSR count). The van der Waals surface area contributed by atoms with Crippen molar-refractivity contribution in [1.82, 2.24) is 0 Å². The second kappa shape index (κ2) is 30.2. The maximum absolute atomic E-state index is 11.8. The molecule has 0 heterocycles. The van der Waals surface area contributed by atoms with Gasteiger partial charge in [-0.2, -0.15) is 0 Å². The predicted octanol–water partition coefficient (Wildman–Crippen LogP) is 11.3. The highest BCUT2D eigenvalue weighted by atomic mass is 16.5. The van der Waals surface area contributed by atoms with Crippen LogP contribution in [0.1, 0.15) is 181 Å². The van der Waals surface area contributed by atoms with Gasteiger partial charge in [0.05, 0.1) is 6.61 Å². The first-order valence-electron chi connectivity index (χ1n) is 15.6. The second-order valence-electron chi connectivity index (χ2n) is 10.4. The average Bonchev–Trinajstić information content (AvgIpc) is 2.84. The predicted molar refractivity (Wildman–Crippen MR) is 151 cm³/mol. The normalized spacial score (nSPS) is 11.5. The van der Waals surface area contributed by atoms with Crippen molar-refractivity contribution >= 4 is 5.97 Å². The van der Waals surface area contributed by atoms with Gasteiger partial charge in [0.15, 0.2) is 0 Å². The standard InChI is InChI=1S/C32H62O2/c1-3-5-7-9-11-13-15-17-18-19-20-22-24-26-28-30-32(33)34-31-29-27-25-23-21-16-14-12-10-8-6-4-2/h15,17H,3-14,16,18-31H2,1-2H3/b17-15+.